The van der Waals surface area contributed by atoms with Crippen molar-refractivity contribution >= 4 is 38.9 Å². The van der Waals surface area contributed by atoms with E-state index in [1.165, 1.54) is 30.3 Å². The number of anilines is 1. The molecule has 0 radical (unpaired) electrons. The number of sulfone groups is 1. The van der Waals surface area contributed by atoms with Gasteiger partial charge in [0.1, 0.15) is 5.82 Å². The number of benzene rings is 3. The van der Waals surface area contributed by atoms with Crippen LogP contribution in [0, 0.1) is 5.82 Å². The van der Waals surface area contributed by atoms with Crippen LogP contribution in [-0.2, 0) is 9.84 Å². The van der Waals surface area contributed by atoms with Crippen LogP contribution in [0.5, 0.6) is 0 Å². The van der Waals surface area contributed by atoms with Gasteiger partial charge >= 0.3 is 0 Å². The van der Waals surface area contributed by atoms with Crippen molar-refractivity contribution in [2.24, 2.45) is 5.73 Å². The second-order valence-corrected chi connectivity index (χ2v) is 10.3. The number of nitrogens with two attached hydrogens (primary N) is 1. The molecular weight excluding hydrogens is 505 g/mol. The number of nitrogens with zero attached hydrogens (tertiary/aromatic N) is 1. The Morgan fingerprint density at radius 3 is 2.39 bits per heavy atom. The minimum atomic E-state index is -3.63. The van der Waals surface area contributed by atoms with Crippen LogP contribution in [0.4, 0.5) is 10.1 Å². The van der Waals surface area contributed by atoms with Crippen molar-refractivity contribution in [2.45, 2.75) is 4.90 Å². The number of hydrogen-bond donors (Lipinski definition) is 2. The molecule has 0 unspecified atom stereocenters. The zero-order valence-electron chi connectivity index (χ0n) is 18.8. The molecule has 4 rings (SSSR count). The number of pyridine rings is 1. The molecule has 7 nitrogen and oxygen atoms in total. The summed E-state index contributed by atoms with van der Waals surface area (Å²) >= 11 is 6.32. The molecule has 0 atom stereocenters. The van der Waals surface area contributed by atoms with Gasteiger partial charge in [-0.3, -0.25) is 14.6 Å². The fourth-order valence-electron chi connectivity index (χ4n) is 3.59. The third-order valence-corrected chi connectivity index (χ3v) is 6.81. The Morgan fingerprint density at radius 2 is 1.72 bits per heavy atom. The summed E-state index contributed by atoms with van der Waals surface area (Å²) in [6, 6.07) is 17.7. The maximum Gasteiger partial charge on any atom is 0.256 e. The average Bonchev–Trinajstić information content (AvgIpc) is 2.85. The molecule has 3 aromatic carbocycles. The van der Waals surface area contributed by atoms with E-state index < -0.39 is 27.5 Å². The fourth-order valence-corrected chi connectivity index (χ4v) is 4.45. The highest BCUT2D eigenvalue weighted by atomic mass is 35.5. The Morgan fingerprint density at radius 1 is 0.944 bits per heavy atom. The normalized spacial score (nSPS) is 11.2. The molecule has 0 spiro atoms. The number of halogens is 2. The molecule has 0 fully saturated rings. The number of hydrogen-bond acceptors (Lipinski definition) is 5. The summed E-state index contributed by atoms with van der Waals surface area (Å²) < 4.78 is 38.4. The topological polar surface area (TPSA) is 119 Å². The van der Waals surface area contributed by atoms with Gasteiger partial charge in [-0.1, -0.05) is 23.7 Å². The number of carbonyl (C=O) groups is 2. The van der Waals surface area contributed by atoms with Gasteiger partial charge in [-0.25, -0.2) is 12.8 Å². The van der Waals surface area contributed by atoms with Gasteiger partial charge in [-0.15, -0.1) is 0 Å². The lowest BCUT2D eigenvalue weighted by atomic mass is 9.97. The van der Waals surface area contributed by atoms with Gasteiger partial charge in [0.15, 0.2) is 9.84 Å². The molecule has 182 valence electrons. The third kappa shape index (κ3) is 5.27. The van der Waals surface area contributed by atoms with Crippen molar-refractivity contribution in [2.75, 3.05) is 11.6 Å². The first-order chi connectivity index (χ1) is 17.0. The first kappa shape index (κ1) is 25.0. The Labute approximate surface area is 211 Å². The highest BCUT2D eigenvalue weighted by Crippen LogP contribution is 2.32. The molecule has 0 aliphatic carbocycles. The zero-order chi connectivity index (χ0) is 26.0. The number of amides is 2. The number of nitrogens with one attached hydrogen (secondary N) is 1. The predicted molar refractivity (Wildman–Crippen MR) is 136 cm³/mol. The minimum absolute atomic E-state index is 0.0528. The van der Waals surface area contributed by atoms with Crippen LogP contribution >= 0.6 is 11.6 Å². The van der Waals surface area contributed by atoms with Crippen LogP contribution < -0.4 is 11.1 Å². The van der Waals surface area contributed by atoms with Crippen LogP contribution in [-0.4, -0.2) is 31.5 Å². The maximum atomic E-state index is 14.1. The Bertz CT molecular complexity index is 1610. The maximum absolute atomic E-state index is 14.1. The van der Waals surface area contributed by atoms with Crippen LogP contribution in [0.1, 0.15) is 20.7 Å². The molecule has 1 aromatic heterocycles. The lowest BCUT2D eigenvalue weighted by Crippen LogP contribution is -2.15. The van der Waals surface area contributed by atoms with Crippen molar-refractivity contribution in [3.8, 4) is 22.4 Å². The van der Waals surface area contributed by atoms with Crippen LogP contribution in [0.3, 0.4) is 0 Å². The lowest BCUT2D eigenvalue weighted by molar-refractivity contribution is 0.0994. The molecule has 10 heteroatoms. The van der Waals surface area contributed by atoms with Crippen molar-refractivity contribution in [1.82, 2.24) is 4.98 Å². The highest BCUT2D eigenvalue weighted by molar-refractivity contribution is 7.90. The van der Waals surface area contributed by atoms with E-state index in [0.717, 1.165) is 12.3 Å². The first-order valence-corrected chi connectivity index (χ1v) is 12.8. The van der Waals surface area contributed by atoms with Crippen LogP contribution in [0.25, 0.3) is 22.4 Å². The van der Waals surface area contributed by atoms with E-state index in [9.17, 15) is 22.4 Å². The van der Waals surface area contributed by atoms with E-state index in [2.05, 4.69) is 10.3 Å². The molecule has 0 aliphatic rings. The van der Waals surface area contributed by atoms with E-state index >= 15 is 0 Å². The van der Waals surface area contributed by atoms with Gasteiger partial charge < -0.3 is 11.1 Å². The monoisotopic (exact) mass is 523 g/mol. The standard InChI is InChI=1S/C26H19ClFN3O4S/c1-36(34,35)17-7-8-18(19(14-17)15-5-10-23(28)21(12-15)25(29)32)26(33)31-16-6-9-22(27)20(13-16)24-4-2-3-11-30-24/h2-14H,1H3,(H2,29,32)(H,31,33). The molecule has 4 aromatic rings. The van der Waals surface area contributed by atoms with E-state index in [4.69, 9.17) is 17.3 Å². The molecule has 36 heavy (non-hydrogen) atoms. The van der Waals surface area contributed by atoms with Crippen molar-refractivity contribution in [3.63, 3.8) is 0 Å². The Kier molecular flexibility index (Phi) is 6.87. The number of carbonyl (C=O) groups excluding carboxylic acids is 2. The summed E-state index contributed by atoms with van der Waals surface area (Å²) in [5, 5.41) is 3.21. The van der Waals surface area contributed by atoms with Crippen molar-refractivity contribution < 1.29 is 22.4 Å². The summed E-state index contributed by atoms with van der Waals surface area (Å²) in [6.45, 7) is 0. The van der Waals surface area contributed by atoms with E-state index in [0.29, 0.717) is 22.0 Å². The van der Waals surface area contributed by atoms with Crippen molar-refractivity contribution in [3.05, 3.63) is 101 Å². The summed E-state index contributed by atoms with van der Waals surface area (Å²) in [5.41, 5.74) is 7.03. The number of aromatic nitrogens is 1. The summed E-state index contributed by atoms with van der Waals surface area (Å²) in [7, 11) is -3.63. The molecule has 0 aliphatic heterocycles. The largest absolute Gasteiger partial charge is 0.366 e. The van der Waals surface area contributed by atoms with Gasteiger partial charge in [0, 0.05) is 29.3 Å². The second kappa shape index (κ2) is 9.88. The van der Waals surface area contributed by atoms with Gasteiger partial charge in [-0.2, -0.15) is 0 Å². The van der Waals surface area contributed by atoms with Gasteiger partial charge in [0.2, 0.25) is 0 Å². The van der Waals surface area contributed by atoms with Gasteiger partial charge in [0.05, 0.1) is 21.2 Å². The van der Waals surface area contributed by atoms with Crippen molar-refractivity contribution in [1.29, 1.82) is 0 Å². The zero-order valence-corrected chi connectivity index (χ0v) is 20.4. The van der Waals surface area contributed by atoms with Gasteiger partial charge in [0.25, 0.3) is 11.8 Å². The lowest BCUT2D eigenvalue weighted by Gasteiger charge is -2.14. The predicted octanol–water partition coefficient (Wildman–Crippen LogP) is 4.96. The quantitative estimate of drug-likeness (QED) is 0.370. The summed E-state index contributed by atoms with van der Waals surface area (Å²) in [5.74, 6) is -2.40. The first-order valence-electron chi connectivity index (χ1n) is 10.5. The Balaban J connectivity index is 1.79. The van der Waals surface area contributed by atoms with E-state index in [1.54, 1.807) is 36.5 Å². The SMILES string of the molecule is CS(=O)(=O)c1ccc(C(=O)Nc2ccc(Cl)c(-c3ccccn3)c2)c(-c2ccc(F)c(C(N)=O)c2)c1. The molecule has 0 saturated carbocycles. The number of primary amides is 1. The van der Waals surface area contributed by atoms with Crippen LogP contribution in [0.15, 0.2) is 83.9 Å². The highest BCUT2D eigenvalue weighted by Gasteiger charge is 2.20. The van der Waals surface area contributed by atoms with E-state index in [-0.39, 0.29) is 27.1 Å². The third-order valence-electron chi connectivity index (χ3n) is 5.37. The fraction of sp³-hybridized carbons (Fsp3) is 0.0385. The van der Waals surface area contributed by atoms with Crippen LogP contribution in [0.2, 0.25) is 5.02 Å². The smallest absolute Gasteiger partial charge is 0.256 e. The Hall–Kier alpha value is -4.08. The molecule has 0 bridgehead atoms. The number of rotatable bonds is 6. The molecular formula is C26H19ClFN3O4S. The molecule has 3 N–H and O–H groups in total. The molecule has 1 heterocycles. The average molecular weight is 524 g/mol. The summed E-state index contributed by atoms with van der Waals surface area (Å²) in [6.07, 6.45) is 2.65. The minimum Gasteiger partial charge on any atom is -0.366 e. The summed E-state index contributed by atoms with van der Waals surface area (Å²) in [4.78, 5) is 29.2. The molecule has 2 amide bonds. The second-order valence-electron chi connectivity index (χ2n) is 7.90. The molecule has 0 saturated heterocycles. The van der Waals surface area contributed by atoms with E-state index in [1.807, 2.05) is 6.07 Å². The van der Waals surface area contributed by atoms with Gasteiger partial charge in [-0.05, 0) is 71.8 Å².